The van der Waals surface area contributed by atoms with Crippen LogP contribution in [0.15, 0.2) is 0 Å². The van der Waals surface area contributed by atoms with Crippen molar-refractivity contribution in [3.63, 3.8) is 0 Å². The van der Waals surface area contributed by atoms with Crippen LogP contribution in [0.4, 0.5) is 0 Å². The zero-order chi connectivity index (χ0) is 18.3. The monoisotopic (exact) mass is 378 g/mol. The first-order valence-corrected chi connectivity index (χ1v) is 15.3. The van der Waals surface area contributed by atoms with E-state index in [9.17, 15) is 0 Å². The van der Waals surface area contributed by atoms with Gasteiger partial charge in [-0.2, -0.15) is 0 Å². The van der Waals surface area contributed by atoms with Gasteiger partial charge in [-0.1, -0.05) is 41.5 Å². The lowest BCUT2D eigenvalue weighted by molar-refractivity contribution is 0.0460. The highest BCUT2D eigenvalue weighted by molar-refractivity contribution is 7.95. The maximum Gasteiger partial charge on any atom is 0.192 e. The Bertz CT molecular complexity index is 400. The largest absolute Gasteiger partial charge is 0.414 e. The molecule has 1 heterocycles. The molecule has 1 saturated heterocycles. The highest BCUT2D eigenvalue weighted by Crippen LogP contribution is 2.42. The van der Waals surface area contributed by atoms with Gasteiger partial charge in [-0.15, -0.1) is 0 Å². The summed E-state index contributed by atoms with van der Waals surface area (Å²) in [6.45, 7) is 25.7. The Morgan fingerprint density at radius 3 is 1.83 bits per heavy atom. The van der Waals surface area contributed by atoms with Gasteiger partial charge < -0.3 is 13.0 Å². The Kier molecular flexibility index (Phi) is 6.71. The van der Waals surface area contributed by atoms with Crippen molar-refractivity contribution in [3.8, 4) is 0 Å². The molecular formula is C17H38O3SSi2. The molecule has 2 unspecified atom stereocenters. The van der Waals surface area contributed by atoms with Gasteiger partial charge in [0, 0.05) is 0 Å². The first-order chi connectivity index (χ1) is 10.1. The van der Waals surface area contributed by atoms with Crippen LogP contribution in [0.3, 0.4) is 0 Å². The van der Waals surface area contributed by atoms with Crippen LogP contribution in [0.5, 0.6) is 0 Å². The third-order valence-electron chi connectivity index (χ3n) is 5.81. The lowest BCUT2D eigenvalue weighted by Crippen LogP contribution is -2.50. The van der Waals surface area contributed by atoms with Crippen LogP contribution in [0.25, 0.3) is 0 Å². The molecule has 138 valence electrons. The number of hydrogen-bond donors (Lipinski definition) is 0. The fourth-order valence-electron chi connectivity index (χ4n) is 1.89. The minimum absolute atomic E-state index is 0.0400. The summed E-state index contributed by atoms with van der Waals surface area (Å²) in [5.74, 6) is 0. The third kappa shape index (κ3) is 5.32. The SMILES string of the molecule is CC1SO[C@@H](CO[Si](C)(C)C(C)(C)C)C1O[Si](C)(C)C(C)(C)C. The van der Waals surface area contributed by atoms with Crippen LogP contribution in [0.2, 0.25) is 36.3 Å². The molecule has 0 saturated carbocycles. The minimum Gasteiger partial charge on any atom is -0.414 e. The fourth-order valence-corrected chi connectivity index (χ4v) is 5.21. The quantitative estimate of drug-likeness (QED) is 0.444. The van der Waals surface area contributed by atoms with Gasteiger partial charge in [0.15, 0.2) is 16.6 Å². The Morgan fingerprint density at radius 2 is 1.39 bits per heavy atom. The molecule has 0 bridgehead atoms. The molecule has 0 N–H and O–H groups in total. The first-order valence-electron chi connectivity index (χ1n) is 8.72. The van der Waals surface area contributed by atoms with Crippen molar-refractivity contribution < 1.29 is 13.0 Å². The molecule has 0 aliphatic carbocycles. The predicted octanol–water partition coefficient (Wildman–Crippen LogP) is 5.83. The second kappa shape index (κ2) is 7.12. The molecule has 1 rings (SSSR count). The summed E-state index contributed by atoms with van der Waals surface area (Å²) < 4.78 is 19.0. The first kappa shape index (κ1) is 21.7. The molecular weight excluding hydrogens is 340 g/mol. The average Bonchev–Trinajstić information content (AvgIpc) is 2.65. The van der Waals surface area contributed by atoms with Crippen molar-refractivity contribution in [2.75, 3.05) is 6.61 Å². The molecule has 0 spiro atoms. The summed E-state index contributed by atoms with van der Waals surface area (Å²) in [5.41, 5.74) is 0. The van der Waals surface area contributed by atoms with E-state index in [0.717, 1.165) is 0 Å². The molecule has 0 amide bonds. The van der Waals surface area contributed by atoms with Crippen molar-refractivity contribution in [1.29, 1.82) is 0 Å². The predicted molar refractivity (Wildman–Crippen MR) is 107 cm³/mol. The standard InChI is InChI=1S/C17H38O3SSi2/c1-13-15(20-23(10,11)17(5,6)7)14(19-21-13)12-18-22(8,9)16(2,3)4/h13-15H,12H2,1-11H3/t13?,14-,15?/m0/s1. The van der Waals surface area contributed by atoms with Crippen LogP contribution >= 0.6 is 12.0 Å². The highest BCUT2D eigenvalue weighted by Gasteiger charge is 2.46. The van der Waals surface area contributed by atoms with E-state index in [-0.39, 0.29) is 22.3 Å². The second-order valence-electron chi connectivity index (χ2n) is 9.85. The van der Waals surface area contributed by atoms with Gasteiger partial charge in [0.05, 0.1) is 18.0 Å². The summed E-state index contributed by atoms with van der Waals surface area (Å²) >= 11 is 1.56. The number of rotatable bonds is 5. The maximum absolute atomic E-state index is 6.67. The summed E-state index contributed by atoms with van der Waals surface area (Å²) in [6.07, 6.45) is 0.170. The van der Waals surface area contributed by atoms with E-state index in [1.165, 1.54) is 0 Å². The Morgan fingerprint density at radius 1 is 0.913 bits per heavy atom. The molecule has 3 atom stereocenters. The van der Waals surface area contributed by atoms with Crippen LogP contribution in [-0.4, -0.2) is 40.7 Å². The van der Waals surface area contributed by atoms with Gasteiger partial charge in [0.1, 0.15) is 6.10 Å². The van der Waals surface area contributed by atoms with Crippen molar-refractivity contribution >= 4 is 28.7 Å². The van der Waals surface area contributed by atoms with Gasteiger partial charge in [0.2, 0.25) is 0 Å². The van der Waals surface area contributed by atoms with Gasteiger partial charge in [0.25, 0.3) is 0 Å². The molecule has 0 aromatic heterocycles. The third-order valence-corrected chi connectivity index (χ3v) is 15.7. The molecule has 1 fully saturated rings. The van der Waals surface area contributed by atoms with Crippen LogP contribution in [0.1, 0.15) is 48.5 Å². The average molecular weight is 379 g/mol. The van der Waals surface area contributed by atoms with Crippen molar-refractivity contribution in [2.45, 2.75) is 102 Å². The lowest BCUT2D eigenvalue weighted by atomic mass is 10.2. The second-order valence-corrected chi connectivity index (χ2v) is 20.5. The summed E-state index contributed by atoms with van der Waals surface area (Å²) in [4.78, 5) is 0. The van der Waals surface area contributed by atoms with Crippen LogP contribution in [-0.2, 0) is 13.0 Å². The maximum atomic E-state index is 6.67. The molecule has 6 heteroatoms. The van der Waals surface area contributed by atoms with Gasteiger partial charge >= 0.3 is 0 Å². The molecule has 0 radical (unpaired) electrons. The van der Waals surface area contributed by atoms with E-state index in [1.54, 1.807) is 12.0 Å². The number of hydrogen-bond acceptors (Lipinski definition) is 4. The fraction of sp³-hybridized carbons (Fsp3) is 1.00. The molecule has 3 nitrogen and oxygen atoms in total. The Hall–Kier alpha value is 0.664. The summed E-state index contributed by atoms with van der Waals surface area (Å²) in [6, 6.07) is 0. The smallest absolute Gasteiger partial charge is 0.192 e. The van der Waals surface area contributed by atoms with E-state index in [2.05, 4.69) is 74.7 Å². The van der Waals surface area contributed by atoms with Gasteiger partial charge in [-0.05, 0) is 55.2 Å². The van der Waals surface area contributed by atoms with Crippen molar-refractivity contribution in [3.05, 3.63) is 0 Å². The van der Waals surface area contributed by atoms with Crippen molar-refractivity contribution in [1.82, 2.24) is 0 Å². The van der Waals surface area contributed by atoms with E-state index in [1.807, 2.05) is 0 Å². The molecule has 23 heavy (non-hydrogen) atoms. The topological polar surface area (TPSA) is 27.7 Å². The van der Waals surface area contributed by atoms with Gasteiger partial charge in [-0.25, -0.2) is 0 Å². The van der Waals surface area contributed by atoms with Crippen molar-refractivity contribution in [2.24, 2.45) is 0 Å². The zero-order valence-electron chi connectivity index (χ0n) is 17.1. The normalized spacial score (nSPS) is 27.5. The van der Waals surface area contributed by atoms with Gasteiger partial charge in [-0.3, -0.25) is 0 Å². The van der Waals surface area contributed by atoms with E-state index in [4.69, 9.17) is 13.0 Å². The summed E-state index contributed by atoms with van der Waals surface area (Å²) in [5, 5.41) is 0.794. The van der Waals surface area contributed by atoms with E-state index >= 15 is 0 Å². The Balaban J connectivity index is 2.76. The van der Waals surface area contributed by atoms with Crippen LogP contribution < -0.4 is 0 Å². The zero-order valence-corrected chi connectivity index (χ0v) is 19.9. The Labute approximate surface area is 150 Å². The molecule has 1 aliphatic heterocycles. The highest BCUT2D eigenvalue weighted by atomic mass is 32.2. The molecule has 0 aromatic rings. The minimum atomic E-state index is -1.80. The molecule has 1 aliphatic rings. The molecule has 0 aromatic carbocycles. The van der Waals surface area contributed by atoms with Crippen LogP contribution in [0, 0.1) is 0 Å². The summed E-state index contributed by atoms with van der Waals surface area (Å²) in [7, 11) is -3.56. The van der Waals surface area contributed by atoms with E-state index in [0.29, 0.717) is 11.9 Å². The lowest BCUT2D eigenvalue weighted by Gasteiger charge is -2.41. The van der Waals surface area contributed by atoms with E-state index < -0.39 is 16.6 Å².